The van der Waals surface area contributed by atoms with Crippen molar-refractivity contribution in [3.8, 4) is 5.75 Å². The van der Waals surface area contributed by atoms with E-state index < -0.39 is 5.60 Å². The van der Waals surface area contributed by atoms with Crippen molar-refractivity contribution in [2.45, 2.75) is 45.6 Å². The third-order valence-corrected chi connectivity index (χ3v) is 3.34. The van der Waals surface area contributed by atoms with Crippen LogP contribution in [0, 0.1) is 13.8 Å². The fraction of sp³-hybridized carbons (Fsp3) is 0.643. The van der Waals surface area contributed by atoms with Crippen LogP contribution < -0.4 is 10.5 Å². The smallest absolute Gasteiger partial charge is 0.128 e. The maximum atomic E-state index is 10.4. The first-order valence-corrected chi connectivity index (χ1v) is 6.39. The topological polar surface area (TPSA) is 68.4 Å². The molecular formula is C14H24N2O2. The Morgan fingerprint density at radius 2 is 2.11 bits per heavy atom. The largest absolute Gasteiger partial charge is 0.496 e. The van der Waals surface area contributed by atoms with Crippen molar-refractivity contribution in [1.29, 1.82) is 0 Å². The van der Waals surface area contributed by atoms with Gasteiger partial charge in [-0.05, 0) is 20.3 Å². The molecule has 0 aliphatic carbocycles. The summed E-state index contributed by atoms with van der Waals surface area (Å²) in [4.78, 5) is 4.41. The Morgan fingerprint density at radius 1 is 1.44 bits per heavy atom. The Balaban J connectivity index is 3.04. The Bertz CT molecular complexity index is 407. The summed E-state index contributed by atoms with van der Waals surface area (Å²) in [6, 6.07) is 0. The molecule has 1 aromatic rings. The van der Waals surface area contributed by atoms with Crippen LogP contribution in [0.5, 0.6) is 5.75 Å². The molecule has 0 amide bonds. The van der Waals surface area contributed by atoms with Gasteiger partial charge in [0.25, 0.3) is 0 Å². The number of pyridine rings is 1. The highest BCUT2D eigenvalue weighted by molar-refractivity contribution is 5.41. The first-order chi connectivity index (χ1) is 8.47. The third-order valence-electron chi connectivity index (χ3n) is 3.34. The number of nitrogens with two attached hydrogens (primary N) is 1. The number of hydrogen-bond acceptors (Lipinski definition) is 4. The van der Waals surface area contributed by atoms with E-state index in [2.05, 4.69) is 4.98 Å². The quantitative estimate of drug-likeness (QED) is 0.809. The molecule has 0 saturated carbocycles. The maximum absolute atomic E-state index is 10.4. The molecule has 1 atom stereocenters. The second kappa shape index (κ2) is 6.16. The lowest BCUT2D eigenvalue weighted by Gasteiger charge is -2.26. The van der Waals surface area contributed by atoms with Crippen LogP contribution in [0.4, 0.5) is 0 Å². The highest BCUT2D eigenvalue weighted by Crippen LogP contribution is 2.27. The lowest BCUT2D eigenvalue weighted by molar-refractivity contribution is 0.0387. The molecular weight excluding hydrogens is 228 g/mol. The van der Waals surface area contributed by atoms with E-state index in [9.17, 15) is 5.11 Å². The van der Waals surface area contributed by atoms with Crippen molar-refractivity contribution in [3.05, 3.63) is 23.0 Å². The van der Waals surface area contributed by atoms with Gasteiger partial charge in [0.05, 0.1) is 12.7 Å². The third kappa shape index (κ3) is 3.21. The molecule has 0 bridgehead atoms. The molecule has 0 saturated heterocycles. The minimum absolute atomic E-state index is 0.248. The van der Waals surface area contributed by atoms with Crippen LogP contribution in [0.1, 0.15) is 36.6 Å². The van der Waals surface area contributed by atoms with Gasteiger partial charge in [0, 0.05) is 36.0 Å². The van der Waals surface area contributed by atoms with Crippen LogP contribution >= 0.6 is 0 Å². The summed E-state index contributed by atoms with van der Waals surface area (Å²) >= 11 is 0. The SMILES string of the molecule is CCCC(O)(CN)Cc1ncc(C)c(OC)c1C. The van der Waals surface area contributed by atoms with E-state index in [4.69, 9.17) is 10.5 Å². The van der Waals surface area contributed by atoms with Gasteiger partial charge in [-0.15, -0.1) is 0 Å². The van der Waals surface area contributed by atoms with Gasteiger partial charge in [0.1, 0.15) is 5.75 Å². The molecule has 0 aliphatic heterocycles. The van der Waals surface area contributed by atoms with Crippen LogP contribution in [0.25, 0.3) is 0 Å². The van der Waals surface area contributed by atoms with E-state index in [1.54, 1.807) is 13.3 Å². The fourth-order valence-electron chi connectivity index (χ4n) is 2.29. The van der Waals surface area contributed by atoms with E-state index >= 15 is 0 Å². The summed E-state index contributed by atoms with van der Waals surface area (Å²) in [5, 5.41) is 10.4. The number of rotatable bonds is 6. The zero-order valence-corrected chi connectivity index (χ0v) is 11.8. The van der Waals surface area contributed by atoms with Gasteiger partial charge in [0.2, 0.25) is 0 Å². The molecule has 0 spiro atoms. The monoisotopic (exact) mass is 252 g/mol. The molecule has 1 unspecified atom stereocenters. The first-order valence-electron chi connectivity index (χ1n) is 6.39. The van der Waals surface area contributed by atoms with Crippen LogP contribution in [0.15, 0.2) is 6.20 Å². The van der Waals surface area contributed by atoms with Gasteiger partial charge in [-0.25, -0.2) is 0 Å². The average Bonchev–Trinajstić information content (AvgIpc) is 2.34. The number of aliphatic hydroxyl groups is 1. The Kier molecular flexibility index (Phi) is 5.11. The summed E-state index contributed by atoms with van der Waals surface area (Å²) in [7, 11) is 1.65. The van der Waals surface area contributed by atoms with Crippen LogP contribution in [-0.4, -0.2) is 29.3 Å². The minimum atomic E-state index is -0.868. The van der Waals surface area contributed by atoms with Gasteiger partial charge in [-0.1, -0.05) is 13.3 Å². The molecule has 1 rings (SSSR count). The van der Waals surface area contributed by atoms with E-state index in [-0.39, 0.29) is 6.54 Å². The highest BCUT2D eigenvalue weighted by atomic mass is 16.5. The zero-order valence-electron chi connectivity index (χ0n) is 11.8. The van der Waals surface area contributed by atoms with E-state index in [1.807, 2.05) is 20.8 Å². The van der Waals surface area contributed by atoms with Gasteiger partial charge in [0.15, 0.2) is 0 Å². The number of aromatic nitrogens is 1. The van der Waals surface area contributed by atoms with Crippen molar-refractivity contribution in [3.63, 3.8) is 0 Å². The lowest BCUT2D eigenvalue weighted by Crippen LogP contribution is -2.40. The Morgan fingerprint density at radius 3 is 2.61 bits per heavy atom. The fourth-order valence-corrected chi connectivity index (χ4v) is 2.29. The maximum Gasteiger partial charge on any atom is 0.128 e. The normalized spacial score (nSPS) is 14.3. The standard InChI is InChI=1S/C14H24N2O2/c1-5-6-14(17,9-15)7-12-11(3)13(18-4)10(2)8-16-12/h8,17H,5-7,9,15H2,1-4H3. The summed E-state index contributed by atoms with van der Waals surface area (Å²) < 4.78 is 5.37. The second-order valence-electron chi connectivity index (χ2n) is 4.90. The van der Waals surface area contributed by atoms with Gasteiger partial charge >= 0.3 is 0 Å². The molecule has 18 heavy (non-hydrogen) atoms. The second-order valence-corrected chi connectivity index (χ2v) is 4.90. The summed E-state index contributed by atoms with van der Waals surface area (Å²) in [6.07, 6.45) is 3.83. The minimum Gasteiger partial charge on any atom is -0.496 e. The number of methoxy groups -OCH3 is 1. The Hall–Kier alpha value is -1.13. The number of nitrogens with zero attached hydrogens (tertiary/aromatic N) is 1. The van der Waals surface area contributed by atoms with Crippen molar-refractivity contribution in [1.82, 2.24) is 4.98 Å². The van der Waals surface area contributed by atoms with Gasteiger partial charge < -0.3 is 15.6 Å². The van der Waals surface area contributed by atoms with Crippen molar-refractivity contribution < 1.29 is 9.84 Å². The zero-order chi connectivity index (χ0) is 13.8. The molecule has 0 fully saturated rings. The molecule has 102 valence electrons. The van der Waals surface area contributed by atoms with Crippen LogP contribution in [0.3, 0.4) is 0 Å². The number of hydrogen-bond donors (Lipinski definition) is 2. The molecule has 1 aromatic heterocycles. The predicted molar refractivity (Wildman–Crippen MR) is 72.9 cm³/mol. The molecule has 3 N–H and O–H groups in total. The lowest BCUT2D eigenvalue weighted by atomic mass is 9.90. The number of aryl methyl sites for hydroxylation is 1. The predicted octanol–water partition coefficient (Wildman–Crippen LogP) is 1.74. The molecule has 0 aromatic carbocycles. The summed E-state index contributed by atoms with van der Waals surface area (Å²) in [6.45, 7) is 6.22. The van der Waals surface area contributed by atoms with Crippen molar-refractivity contribution in [2.75, 3.05) is 13.7 Å². The molecule has 0 radical (unpaired) electrons. The summed E-state index contributed by atoms with van der Waals surface area (Å²) in [5.41, 5.74) is 7.67. The average molecular weight is 252 g/mol. The van der Waals surface area contributed by atoms with Gasteiger partial charge in [-0.2, -0.15) is 0 Å². The summed E-state index contributed by atoms with van der Waals surface area (Å²) in [5.74, 6) is 0.843. The van der Waals surface area contributed by atoms with Gasteiger partial charge in [-0.3, -0.25) is 4.98 Å². The number of ether oxygens (including phenoxy) is 1. The van der Waals surface area contributed by atoms with Crippen molar-refractivity contribution in [2.24, 2.45) is 5.73 Å². The molecule has 4 nitrogen and oxygen atoms in total. The van der Waals surface area contributed by atoms with E-state index in [0.717, 1.165) is 29.0 Å². The molecule has 0 aliphatic rings. The highest BCUT2D eigenvalue weighted by Gasteiger charge is 2.26. The van der Waals surface area contributed by atoms with E-state index in [1.165, 1.54) is 0 Å². The van der Waals surface area contributed by atoms with Crippen molar-refractivity contribution >= 4 is 0 Å². The molecule has 1 heterocycles. The van der Waals surface area contributed by atoms with E-state index in [0.29, 0.717) is 12.8 Å². The van der Waals surface area contributed by atoms with Crippen LogP contribution in [0.2, 0.25) is 0 Å². The Labute approximate surface area is 109 Å². The molecule has 4 heteroatoms. The van der Waals surface area contributed by atoms with Crippen LogP contribution in [-0.2, 0) is 6.42 Å². The first kappa shape index (κ1) is 14.9.